The van der Waals surface area contributed by atoms with Crippen molar-refractivity contribution in [1.82, 2.24) is 20.1 Å². The molecule has 1 aromatic heterocycles. The Bertz CT molecular complexity index is 1330. The van der Waals surface area contributed by atoms with E-state index in [1.807, 2.05) is 54.6 Å². The van der Waals surface area contributed by atoms with Crippen LogP contribution in [0.4, 0.5) is 4.79 Å². The number of para-hydroxylation sites is 1. The van der Waals surface area contributed by atoms with Gasteiger partial charge in [-0.05, 0) is 67.1 Å². The topological polar surface area (TPSA) is 94.7 Å². The molecule has 0 spiro atoms. The lowest BCUT2D eigenvalue weighted by atomic mass is 9.74. The van der Waals surface area contributed by atoms with Crippen LogP contribution in [0.1, 0.15) is 24.0 Å². The fourth-order valence-electron chi connectivity index (χ4n) is 5.50. The number of benzene rings is 2. The molecule has 2 aliphatic heterocycles. The van der Waals surface area contributed by atoms with E-state index in [1.54, 1.807) is 7.11 Å². The number of carbonyl (C=O) groups is 2. The van der Waals surface area contributed by atoms with Crippen molar-refractivity contribution in [2.45, 2.75) is 31.3 Å². The molecule has 2 saturated heterocycles. The summed E-state index contributed by atoms with van der Waals surface area (Å²) >= 11 is 0. The summed E-state index contributed by atoms with van der Waals surface area (Å²) in [6.45, 7) is 2.03. The Morgan fingerprint density at radius 2 is 1.80 bits per heavy atom. The summed E-state index contributed by atoms with van der Waals surface area (Å²) < 4.78 is 5.36. The molecular weight excluding hydrogens is 444 g/mol. The molecule has 3 heterocycles. The Balaban J connectivity index is 1.34. The van der Waals surface area contributed by atoms with Gasteiger partial charge in [0, 0.05) is 31.1 Å². The molecule has 2 fully saturated rings. The largest absolute Gasteiger partial charge is 0.497 e. The predicted molar refractivity (Wildman–Crippen MR) is 133 cm³/mol. The van der Waals surface area contributed by atoms with Crippen LogP contribution < -0.4 is 15.6 Å². The van der Waals surface area contributed by atoms with Crippen molar-refractivity contribution in [3.8, 4) is 5.75 Å². The number of carbonyl (C=O) groups excluding carboxylic acids is 2. The SMILES string of the molecule is COc1cccc(CC2(C3CCN(Cc4cc5ccccc5[nH]c4=O)CC3)NC(=O)N(C)C2=O)c1. The Kier molecular flexibility index (Phi) is 6.06. The quantitative estimate of drug-likeness (QED) is 0.536. The minimum atomic E-state index is -0.981. The van der Waals surface area contributed by atoms with Gasteiger partial charge < -0.3 is 15.0 Å². The smallest absolute Gasteiger partial charge is 0.324 e. The first kappa shape index (κ1) is 23.1. The van der Waals surface area contributed by atoms with Crippen LogP contribution >= 0.6 is 0 Å². The van der Waals surface area contributed by atoms with Gasteiger partial charge in [-0.25, -0.2) is 4.79 Å². The van der Waals surface area contributed by atoms with Crippen molar-refractivity contribution < 1.29 is 14.3 Å². The molecule has 2 aromatic carbocycles. The number of ether oxygens (including phenoxy) is 1. The van der Waals surface area contributed by atoms with Crippen LogP contribution in [0.5, 0.6) is 5.75 Å². The summed E-state index contributed by atoms with van der Waals surface area (Å²) in [5.41, 5.74) is 1.46. The first-order valence-corrected chi connectivity index (χ1v) is 12.0. The third-order valence-corrected chi connectivity index (χ3v) is 7.45. The third kappa shape index (κ3) is 4.30. The second kappa shape index (κ2) is 9.19. The van der Waals surface area contributed by atoms with Gasteiger partial charge in [0.15, 0.2) is 0 Å². The highest BCUT2D eigenvalue weighted by Crippen LogP contribution is 2.36. The van der Waals surface area contributed by atoms with Gasteiger partial charge in [0.2, 0.25) is 0 Å². The minimum Gasteiger partial charge on any atom is -0.497 e. The van der Waals surface area contributed by atoms with Gasteiger partial charge in [-0.3, -0.25) is 19.4 Å². The summed E-state index contributed by atoms with van der Waals surface area (Å²) in [7, 11) is 3.15. The number of likely N-dealkylation sites (tertiary alicyclic amines) is 1. The molecule has 8 nitrogen and oxygen atoms in total. The second-order valence-corrected chi connectivity index (χ2v) is 9.56. The number of piperidine rings is 1. The molecule has 182 valence electrons. The number of aromatic amines is 1. The van der Waals surface area contributed by atoms with Crippen LogP contribution in [0.3, 0.4) is 0 Å². The Hall–Kier alpha value is -3.65. The molecule has 5 rings (SSSR count). The minimum absolute atomic E-state index is 0.0127. The normalized spacial score (nSPS) is 21.5. The number of urea groups is 1. The molecule has 3 amide bonds. The molecule has 1 unspecified atom stereocenters. The fraction of sp³-hybridized carbons (Fsp3) is 0.370. The van der Waals surface area contributed by atoms with Crippen molar-refractivity contribution in [3.63, 3.8) is 0 Å². The standard InChI is InChI=1S/C27H30N4O4/c1-30-25(33)27(29-26(30)34,16-18-6-5-8-22(14-18)35-2)21-10-12-31(13-11-21)17-20-15-19-7-3-4-9-23(19)28-24(20)32/h3-9,14-15,21H,10-13,16-17H2,1-2H3,(H,28,32)(H,29,34). The lowest BCUT2D eigenvalue weighted by Crippen LogP contribution is -2.57. The molecule has 35 heavy (non-hydrogen) atoms. The van der Waals surface area contributed by atoms with Crippen LogP contribution in [0.2, 0.25) is 0 Å². The second-order valence-electron chi connectivity index (χ2n) is 9.56. The third-order valence-electron chi connectivity index (χ3n) is 7.45. The zero-order valence-corrected chi connectivity index (χ0v) is 20.0. The van der Waals surface area contributed by atoms with Crippen LogP contribution in [0.15, 0.2) is 59.4 Å². The summed E-state index contributed by atoms with van der Waals surface area (Å²) in [6, 6.07) is 17.0. The number of methoxy groups -OCH3 is 1. The molecule has 0 aliphatic carbocycles. The Labute approximate surface area is 203 Å². The molecule has 2 aliphatic rings. The Morgan fingerprint density at radius 1 is 1.03 bits per heavy atom. The summed E-state index contributed by atoms with van der Waals surface area (Å²) in [5, 5.41) is 4.05. The van der Waals surface area contributed by atoms with Crippen molar-refractivity contribution in [1.29, 1.82) is 0 Å². The maximum absolute atomic E-state index is 13.4. The number of imide groups is 1. The molecular formula is C27H30N4O4. The molecule has 2 N–H and O–H groups in total. The van der Waals surface area contributed by atoms with Gasteiger partial charge >= 0.3 is 6.03 Å². The van der Waals surface area contributed by atoms with Crippen LogP contribution in [0, 0.1) is 5.92 Å². The lowest BCUT2D eigenvalue weighted by molar-refractivity contribution is -0.133. The highest BCUT2D eigenvalue weighted by molar-refractivity contribution is 6.07. The van der Waals surface area contributed by atoms with E-state index in [1.165, 1.54) is 11.9 Å². The van der Waals surface area contributed by atoms with Gasteiger partial charge in [0.25, 0.3) is 11.5 Å². The number of nitrogens with zero attached hydrogens (tertiary/aromatic N) is 2. The van der Waals surface area contributed by atoms with Crippen molar-refractivity contribution >= 4 is 22.8 Å². The predicted octanol–water partition coefficient (Wildman–Crippen LogP) is 2.91. The summed E-state index contributed by atoms with van der Waals surface area (Å²) in [6.07, 6.45) is 1.90. The molecule has 0 radical (unpaired) electrons. The maximum atomic E-state index is 13.4. The number of nitrogens with one attached hydrogen (secondary N) is 2. The van der Waals surface area contributed by atoms with E-state index >= 15 is 0 Å². The molecule has 1 atom stereocenters. The first-order valence-electron chi connectivity index (χ1n) is 12.0. The number of H-pyrrole nitrogens is 1. The van der Waals surface area contributed by atoms with E-state index in [-0.39, 0.29) is 23.4 Å². The van der Waals surface area contributed by atoms with Crippen molar-refractivity contribution in [2.24, 2.45) is 5.92 Å². The van der Waals surface area contributed by atoms with E-state index in [4.69, 9.17) is 4.74 Å². The van der Waals surface area contributed by atoms with Gasteiger partial charge in [-0.1, -0.05) is 30.3 Å². The number of rotatable bonds is 6. The molecule has 0 bridgehead atoms. The number of pyridine rings is 1. The number of likely N-dealkylation sites (N-methyl/N-ethyl adjacent to an activating group) is 1. The number of amides is 3. The molecule has 3 aromatic rings. The molecule has 8 heteroatoms. The van der Waals surface area contributed by atoms with Crippen molar-refractivity contribution in [3.05, 3.63) is 76.1 Å². The highest BCUT2D eigenvalue weighted by Gasteiger charge is 2.54. The zero-order chi connectivity index (χ0) is 24.6. The average Bonchev–Trinajstić information content (AvgIpc) is 3.09. The first-order chi connectivity index (χ1) is 16.9. The van der Waals surface area contributed by atoms with Crippen LogP contribution in [-0.2, 0) is 17.8 Å². The van der Waals surface area contributed by atoms with Gasteiger partial charge in [-0.15, -0.1) is 0 Å². The number of hydrogen-bond acceptors (Lipinski definition) is 5. The monoisotopic (exact) mass is 474 g/mol. The summed E-state index contributed by atoms with van der Waals surface area (Å²) in [5.74, 6) is 0.522. The van der Waals surface area contributed by atoms with E-state index in [2.05, 4.69) is 15.2 Å². The zero-order valence-electron chi connectivity index (χ0n) is 20.0. The fourth-order valence-corrected chi connectivity index (χ4v) is 5.50. The van der Waals surface area contributed by atoms with Crippen LogP contribution in [0.25, 0.3) is 10.9 Å². The Morgan fingerprint density at radius 3 is 2.51 bits per heavy atom. The number of aromatic nitrogens is 1. The average molecular weight is 475 g/mol. The van der Waals surface area contributed by atoms with Gasteiger partial charge in [0.05, 0.1) is 7.11 Å². The van der Waals surface area contributed by atoms with Crippen molar-refractivity contribution in [2.75, 3.05) is 27.2 Å². The van der Waals surface area contributed by atoms with Gasteiger partial charge in [0.1, 0.15) is 11.3 Å². The van der Waals surface area contributed by atoms with E-state index in [0.717, 1.165) is 53.7 Å². The maximum Gasteiger partial charge on any atom is 0.324 e. The molecule has 0 saturated carbocycles. The van der Waals surface area contributed by atoms with Gasteiger partial charge in [-0.2, -0.15) is 0 Å². The summed E-state index contributed by atoms with van der Waals surface area (Å²) in [4.78, 5) is 44.9. The lowest BCUT2D eigenvalue weighted by Gasteiger charge is -2.41. The van der Waals surface area contributed by atoms with E-state index < -0.39 is 5.54 Å². The number of hydrogen-bond donors (Lipinski definition) is 2. The number of fused-ring (bicyclic) bond motifs is 1. The van der Waals surface area contributed by atoms with E-state index in [9.17, 15) is 14.4 Å². The van der Waals surface area contributed by atoms with E-state index in [0.29, 0.717) is 13.0 Å². The van der Waals surface area contributed by atoms with Crippen LogP contribution in [-0.4, -0.2) is 59.5 Å². The highest BCUT2D eigenvalue weighted by atomic mass is 16.5.